The monoisotopic (exact) mass is 199 g/mol. The van der Waals surface area contributed by atoms with Crippen molar-refractivity contribution in [1.82, 2.24) is 4.90 Å². The van der Waals surface area contributed by atoms with Gasteiger partial charge in [-0.25, -0.2) is 0 Å². The number of aliphatic hydroxyl groups is 1. The first-order valence-electron chi connectivity index (χ1n) is 5.91. The molecule has 1 rings (SSSR count). The topological polar surface area (TPSA) is 23.5 Å². The SMILES string of the molecule is CC(C)N(C)CC1(CO)CCCCC1. The van der Waals surface area contributed by atoms with Crippen LogP contribution < -0.4 is 0 Å². The molecule has 1 aliphatic carbocycles. The molecule has 1 N–H and O–H groups in total. The highest BCUT2D eigenvalue weighted by atomic mass is 16.3. The lowest BCUT2D eigenvalue weighted by molar-refractivity contribution is 0.0400. The lowest BCUT2D eigenvalue weighted by atomic mass is 9.74. The van der Waals surface area contributed by atoms with Crippen molar-refractivity contribution in [2.45, 2.75) is 52.0 Å². The van der Waals surface area contributed by atoms with E-state index in [-0.39, 0.29) is 5.41 Å². The van der Waals surface area contributed by atoms with Crippen molar-refractivity contribution in [3.63, 3.8) is 0 Å². The summed E-state index contributed by atoms with van der Waals surface area (Å²) in [7, 11) is 2.16. The zero-order valence-electron chi connectivity index (χ0n) is 9.92. The van der Waals surface area contributed by atoms with Gasteiger partial charge < -0.3 is 10.0 Å². The van der Waals surface area contributed by atoms with Crippen LogP contribution in [0.25, 0.3) is 0 Å². The quantitative estimate of drug-likeness (QED) is 0.751. The third-order valence-electron chi connectivity index (χ3n) is 3.72. The number of nitrogens with zero attached hydrogens (tertiary/aromatic N) is 1. The fourth-order valence-corrected chi connectivity index (χ4v) is 2.38. The first-order valence-corrected chi connectivity index (χ1v) is 5.91. The highest BCUT2D eigenvalue weighted by Gasteiger charge is 2.32. The maximum absolute atomic E-state index is 9.55. The third-order valence-corrected chi connectivity index (χ3v) is 3.72. The molecule has 0 aromatic rings. The maximum Gasteiger partial charge on any atom is 0.0499 e. The molecule has 0 heterocycles. The lowest BCUT2D eigenvalue weighted by Gasteiger charge is -2.40. The summed E-state index contributed by atoms with van der Waals surface area (Å²) in [6.45, 7) is 5.85. The molecule has 0 aromatic heterocycles. The van der Waals surface area contributed by atoms with Crippen molar-refractivity contribution in [3.8, 4) is 0 Å². The Kier molecular flexibility index (Phi) is 4.39. The average Bonchev–Trinajstić information content (AvgIpc) is 2.19. The first-order chi connectivity index (χ1) is 6.59. The van der Waals surface area contributed by atoms with Crippen molar-refractivity contribution in [2.24, 2.45) is 5.41 Å². The second-order valence-electron chi connectivity index (χ2n) is 5.23. The Morgan fingerprint density at radius 2 is 1.79 bits per heavy atom. The van der Waals surface area contributed by atoms with Gasteiger partial charge in [0.25, 0.3) is 0 Å². The fourth-order valence-electron chi connectivity index (χ4n) is 2.38. The van der Waals surface area contributed by atoms with Gasteiger partial charge in [-0.3, -0.25) is 0 Å². The molecule has 1 fully saturated rings. The van der Waals surface area contributed by atoms with Crippen LogP contribution in [0, 0.1) is 5.41 Å². The van der Waals surface area contributed by atoms with Crippen LogP contribution in [0.1, 0.15) is 46.0 Å². The van der Waals surface area contributed by atoms with Gasteiger partial charge in [-0.2, -0.15) is 0 Å². The van der Waals surface area contributed by atoms with Gasteiger partial charge in [0.2, 0.25) is 0 Å². The van der Waals surface area contributed by atoms with Crippen LogP contribution in [0.2, 0.25) is 0 Å². The summed E-state index contributed by atoms with van der Waals surface area (Å²) in [5, 5.41) is 9.55. The van der Waals surface area contributed by atoms with E-state index in [4.69, 9.17) is 0 Å². The Morgan fingerprint density at radius 1 is 1.21 bits per heavy atom. The van der Waals surface area contributed by atoms with Crippen LogP contribution in [0.15, 0.2) is 0 Å². The number of hydrogen-bond acceptors (Lipinski definition) is 2. The summed E-state index contributed by atoms with van der Waals surface area (Å²) in [6.07, 6.45) is 6.37. The molecule has 0 atom stereocenters. The molecule has 0 aromatic carbocycles. The standard InChI is InChI=1S/C12H25NO/c1-11(2)13(3)9-12(10-14)7-5-4-6-8-12/h11,14H,4-10H2,1-3H3. The van der Waals surface area contributed by atoms with E-state index in [1.165, 1.54) is 32.1 Å². The molecule has 1 aliphatic rings. The van der Waals surface area contributed by atoms with Crippen LogP contribution in [0.3, 0.4) is 0 Å². The van der Waals surface area contributed by atoms with Gasteiger partial charge in [0.1, 0.15) is 0 Å². The summed E-state index contributed by atoms with van der Waals surface area (Å²) >= 11 is 0. The Bertz CT molecular complexity index is 162. The highest BCUT2D eigenvalue weighted by molar-refractivity contribution is 4.85. The molecular formula is C12H25NO. The number of rotatable bonds is 4. The molecular weight excluding hydrogens is 174 g/mol. The van der Waals surface area contributed by atoms with Gasteiger partial charge in [0.05, 0.1) is 0 Å². The maximum atomic E-state index is 9.55. The number of hydrogen-bond donors (Lipinski definition) is 1. The van der Waals surface area contributed by atoms with Crippen molar-refractivity contribution >= 4 is 0 Å². The fraction of sp³-hybridized carbons (Fsp3) is 1.00. The van der Waals surface area contributed by atoms with Crippen LogP contribution >= 0.6 is 0 Å². The third kappa shape index (κ3) is 2.96. The summed E-state index contributed by atoms with van der Waals surface area (Å²) in [6, 6.07) is 0.584. The van der Waals surface area contributed by atoms with E-state index in [0.29, 0.717) is 12.6 Å². The molecule has 2 nitrogen and oxygen atoms in total. The van der Waals surface area contributed by atoms with E-state index in [2.05, 4.69) is 25.8 Å². The summed E-state index contributed by atoms with van der Waals surface area (Å²) in [4.78, 5) is 2.36. The minimum Gasteiger partial charge on any atom is -0.396 e. The van der Waals surface area contributed by atoms with Crippen LogP contribution in [-0.4, -0.2) is 36.2 Å². The van der Waals surface area contributed by atoms with Gasteiger partial charge >= 0.3 is 0 Å². The second kappa shape index (κ2) is 5.13. The Balaban J connectivity index is 2.51. The van der Waals surface area contributed by atoms with E-state index >= 15 is 0 Å². The van der Waals surface area contributed by atoms with Crippen LogP contribution in [-0.2, 0) is 0 Å². The summed E-state index contributed by atoms with van der Waals surface area (Å²) < 4.78 is 0. The second-order valence-corrected chi connectivity index (χ2v) is 5.23. The highest BCUT2D eigenvalue weighted by Crippen LogP contribution is 2.36. The van der Waals surface area contributed by atoms with Gasteiger partial charge in [0.15, 0.2) is 0 Å². The van der Waals surface area contributed by atoms with E-state index in [0.717, 1.165) is 6.54 Å². The minimum absolute atomic E-state index is 0.206. The number of aliphatic hydroxyl groups excluding tert-OH is 1. The molecule has 0 unspecified atom stereocenters. The summed E-state index contributed by atoms with van der Waals surface area (Å²) in [5.41, 5.74) is 0.206. The van der Waals surface area contributed by atoms with E-state index in [1.54, 1.807) is 0 Å². The zero-order valence-corrected chi connectivity index (χ0v) is 9.92. The average molecular weight is 199 g/mol. The van der Waals surface area contributed by atoms with Gasteiger partial charge in [0, 0.05) is 24.6 Å². The molecule has 14 heavy (non-hydrogen) atoms. The molecule has 0 spiro atoms. The molecule has 1 saturated carbocycles. The van der Waals surface area contributed by atoms with Crippen LogP contribution in [0.4, 0.5) is 0 Å². The lowest BCUT2D eigenvalue weighted by Crippen LogP contribution is -2.42. The Hall–Kier alpha value is -0.0800. The first kappa shape index (κ1) is 12.0. The van der Waals surface area contributed by atoms with Crippen molar-refractivity contribution in [3.05, 3.63) is 0 Å². The van der Waals surface area contributed by atoms with Crippen molar-refractivity contribution in [1.29, 1.82) is 0 Å². The molecule has 0 bridgehead atoms. The van der Waals surface area contributed by atoms with Gasteiger partial charge in [-0.15, -0.1) is 0 Å². The van der Waals surface area contributed by atoms with Crippen molar-refractivity contribution < 1.29 is 5.11 Å². The molecule has 2 heteroatoms. The van der Waals surface area contributed by atoms with Crippen LogP contribution in [0.5, 0.6) is 0 Å². The smallest absolute Gasteiger partial charge is 0.0499 e. The minimum atomic E-state index is 0.206. The largest absolute Gasteiger partial charge is 0.396 e. The predicted octanol–water partition coefficient (Wildman–Crippen LogP) is 2.27. The van der Waals surface area contributed by atoms with E-state index in [9.17, 15) is 5.11 Å². The van der Waals surface area contributed by atoms with Gasteiger partial charge in [-0.05, 0) is 33.7 Å². The van der Waals surface area contributed by atoms with Crippen molar-refractivity contribution in [2.75, 3.05) is 20.2 Å². The molecule has 0 aliphatic heterocycles. The zero-order chi connectivity index (χ0) is 10.6. The van der Waals surface area contributed by atoms with E-state index < -0.39 is 0 Å². The normalized spacial score (nSPS) is 21.9. The Morgan fingerprint density at radius 3 is 2.21 bits per heavy atom. The Labute approximate surface area is 88.3 Å². The van der Waals surface area contributed by atoms with Gasteiger partial charge in [-0.1, -0.05) is 19.3 Å². The molecule has 0 saturated heterocycles. The molecule has 84 valence electrons. The molecule has 0 amide bonds. The summed E-state index contributed by atoms with van der Waals surface area (Å²) in [5.74, 6) is 0. The van der Waals surface area contributed by atoms with E-state index in [1.807, 2.05) is 0 Å². The molecule has 0 radical (unpaired) electrons. The predicted molar refractivity (Wildman–Crippen MR) is 60.4 cm³/mol.